The highest BCUT2D eigenvalue weighted by atomic mass is 35.5. The summed E-state index contributed by atoms with van der Waals surface area (Å²) in [7, 11) is 1.68. The molecule has 1 amide bonds. The van der Waals surface area contributed by atoms with E-state index in [1.807, 2.05) is 35.2 Å². The van der Waals surface area contributed by atoms with Crippen molar-refractivity contribution in [2.75, 3.05) is 43.9 Å². The molecule has 2 aliphatic rings. The molecule has 33 heavy (non-hydrogen) atoms. The fraction of sp³-hybridized carbons (Fsp3) is 0.385. The number of halogens is 1. The molecule has 5 rings (SSSR count). The van der Waals surface area contributed by atoms with Crippen LogP contribution >= 0.6 is 23.4 Å². The Morgan fingerprint density at radius 1 is 1.06 bits per heavy atom. The first kappa shape index (κ1) is 22.4. The van der Waals surface area contributed by atoms with Crippen LogP contribution in [0.1, 0.15) is 24.1 Å². The van der Waals surface area contributed by atoms with Crippen LogP contribution in [0.5, 0.6) is 5.75 Å². The van der Waals surface area contributed by atoms with Gasteiger partial charge in [-0.2, -0.15) is 0 Å². The number of nitrogens with zero attached hydrogens (tertiary/aromatic N) is 3. The zero-order valence-electron chi connectivity index (χ0n) is 18.8. The van der Waals surface area contributed by atoms with Gasteiger partial charge < -0.3 is 14.5 Å². The predicted octanol–water partition coefficient (Wildman–Crippen LogP) is 5.22. The second kappa shape index (κ2) is 9.82. The van der Waals surface area contributed by atoms with Gasteiger partial charge in [-0.1, -0.05) is 11.6 Å². The van der Waals surface area contributed by atoms with Crippen molar-refractivity contribution in [3.05, 3.63) is 58.7 Å². The molecule has 2 aromatic carbocycles. The highest BCUT2D eigenvalue weighted by Gasteiger charge is 2.24. The number of ether oxygens (including phenoxy) is 1. The van der Waals surface area contributed by atoms with Crippen LogP contribution in [0, 0.1) is 0 Å². The minimum absolute atomic E-state index is 0.200. The highest BCUT2D eigenvalue weighted by Crippen LogP contribution is 2.37. The van der Waals surface area contributed by atoms with Crippen LogP contribution < -0.4 is 9.64 Å². The number of methoxy groups -OCH3 is 1. The molecular formula is C26H28ClN3O2S. The lowest BCUT2D eigenvalue weighted by Gasteiger charge is -2.36. The zero-order chi connectivity index (χ0) is 22.8. The van der Waals surface area contributed by atoms with Gasteiger partial charge in [0.25, 0.3) is 0 Å². The Balaban J connectivity index is 1.26. The van der Waals surface area contributed by atoms with E-state index in [9.17, 15) is 4.79 Å². The van der Waals surface area contributed by atoms with Crippen LogP contribution in [-0.2, 0) is 17.6 Å². The molecule has 0 radical (unpaired) electrons. The number of fused-ring (bicyclic) bond motifs is 2. The van der Waals surface area contributed by atoms with Crippen LogP contribution in [0.2, 0.25) is 5.02 Å². The second-order valence-electron chi connectivity index (χ2n) is 8.59. The molecule has 3 aromatic rings. The molecule has 1 aliphatic carbocycles. The molecule has 0 bridgehead atoms. The Labute approximate surface area is 204 Å². The molecule has 1 saturated heterocycles. The second-order valence-corrected chi connectivity index (χ2v) is 10.0. The van der Waals surface area contributed by atoms with Gasteiger partial charge in [-0.3, -0.25) is 9.78 Å². The standard InChI is InChI=1S/C26H28ClN3O2S/c1-32-20-9-7-19(8-10-20)29-12-14-30(15-13-29)25(31)17-33-26-21-4-2-3-5-23(21)28-24-11-6-18(27)16-22(24)26/h6-11,16H,2-5,12-15,17H2,1H3. The first-order valence-corrected chi connectivity index (χ1v) is 12.9. The number of aromatic nitrogens is 1. The summed E-state index contributed by atoms with van der Waals surface area (Å²) in [6.45, 7) is 3.16. The van der Waals surface area contributed by atoms with Crippen LogP contribution in [0.4, 0.5) is 5.69 Å². The summed E-state index contributed by atoms with van der Waals surface area (Å²) in [6.07, 6.45) is 4.40. The maximum atomic E-state index is 13.1. The molecule has 1 aliphatic heterocycles. The van der Waals surface area contributed by atoms with E-state index in [1.165, 1.54) is 34.7 Å². The molecule has 0 saturated carbocycles. The fourth-order valence-electron chi connectivity index (χ4n) is 4.75. The molecule has 0 N–H and O–H groups in total. The summed E-state index contributed by atoms with van der Waals surface area (Å²) in [6, 6.07) is 14.0. The summed E-state index contributed by atoms with van der Waals surface area (Å²) >= 11 is 7.97. The van der Waals surface area contributed by atoms with Gasteiger partial charge >= 0.3 is 0 Å². The molecule has 0 spiro atoms. The van der Waals surface area contributed by atoms with Gasteiger partial charge in [0.2, 0.25) is 5.91 Å². The van der Waals surface area contributed by atoms with E-state index in [1.54, 1.807) is 18.9 Å². The molecule has 172 valence electrons. The Hall–Kier alpha value is -2.44. The smallest absolute Gasteiger partial charge is 0.233 e. The number of rotatable bonds is 5. The third kappa shape index (κ3) is 4.78. The zero-order valence-corrected chi connectivity index (χ0v) is 20.4. The quantitative estimate of drug-likeness (QED) is 0.468. The predicted molar refractivity (Wildman–Crippen MR) is 136 cm³/mol. The number of carbonyl (C=O) groups excluding carboxylic acids is 1. The van der Waals surface area contributed by atoms with Crippen molar-refractivity contribution in [2.24, 2.45) is 0 Å². The van der Waals surface area contributed by atoms with Gasteiger partial charge in [0.05, 0.1) is 18.4 Å². The number of carbonyl (C=O) groups is 1. The number of amides is 1. The minimum atomic E-state index is 0.200. The molecule has 5 nitrogen and oxygen atoms in total. The number of hydrogen-bond acceptors (Lipinski definition) is 5. The largest absolute Gasteiger partial charge is 0.497 e. The summed E-state index contributed by atoms with van der Waals surface area (Å²) < 4.78 is 5.25. The van der Waals surface area contributed by atoms with E-state index < -0.39 is 0 Å². The number of anilines is 1. The van der Waals surface area contributed by atoms with E-state index in [2.05, 4.69) is 17.0 Å². The summed E-state index contributed by atoms with van der Waals surface area (Å²) in [5.74, 6) is 1.50. The minimum Gasteiger partial charge on any atom is -0.497 e. The Morgan fingerprint density at radius 2 is 1.82 bits per heavy atom. The van der Waals surface area contributed by atoms with Crippen LogP contribution in [-0.4, -0.2) is 54.8 Å². The van der Waals surface area contributed by atoms with Gasteiger partial charge in [0, 0.05) is 52.9 Å². The van der Waals surface area contributed by atoms with Gasteiger partial charge in [-0.05, 0) is 73.7 Å². The normalized spacial score (nSPS) is 16.1. The molecule has 1 fully saturated rings. The average Bonchev–Trinajstić information content (AvgIpc) is 2.86. The number of pyridine rings is 1. The van der Waals surface area contributed by atoms with E-state index in [-0.39, 0.29) is 5.91 Å². The van der Waals surface area contributed by atoms with Gasteiger partial charge in [-0.25, -0.2) is 0 Å². The Bertz CT molecular complexity index is 1160. The summed E-state index contributed by atoms with van der Waals surface area (Å²) in [4.78, 5) is 23.5. The van der Waals surface area contributed by atoms with E-state index in [0.29, 0.717) is 10.8 Å². The number of benzene rings is 2. The van der Waals surface area contributed by atoms with Crippen molar-refractivity contribution < 1.29 is 9.53 Å². The van der Waals surface area contributed by atoms with E-state index >= 15 is 0 Å². The topological polar surface area (TPSA) is 45.7 Å². The lowest BCUT2D eigenvalue weighted by atomic mass is 9.94. The van der Waals surface area contributed by atoms with Crippen molar-refractivity contribution in [1.29, 1.82) is 0 Å². The molecule has 0 atom stereocenters. The van der Waals surface area contributed by atoms with Crippen molar-refractivity contribution in [2.45, 2.75) is 30.6 Å². The molecule has 2 heterocycles. The SMILES string of the molecule is COc1ccc(N2CCN(C(=O)CSc3c4c(nc5ccc(Cl)cc35)CCCC4)CC2)cc1. The van der Waals surface area contributed by atoms with E-state index in [0.717, 1.165) is 55.7 Å². The van der Waals surface area contributed by atoms with Crippen LogP contribution in [0.3, 0.4) is 0 Å². The Morgan fingerprint density at radius 3 is 2.58 bits per heavy atom. The highest BCUT2D eigenvalue weighted by molar-refractivity contribution is 8.00. The fourth-order valence-corrected chi connectivity index (χ4v) is 6.09. The number of aryl methyl sites for hydroxylation is 1. The van der Waals surface area contributed by atoms with Crippen molar-refractivity contribution in [3.63, 3.8) is 0 Å². The van der Waals surface area contributed by atoms with Gasteiger partial charge in [-0.15, -0.1) is 11.8 Å². The lowest BCUT2D eigenvalue weighted by Crippen LogP contribution is -2.49. The number of piperazine rings is 1. The maximum Gasteiger partial charge on any atom is 0.233 e. The number of hydrogen-bond donors (Lipinski definition) is 0. The van der Waals surface area contributed by atoms with Crippen molar-refractivity contribution >= 4 is 45.9 Å². The maximum absolute atomic E-state index is 13.1. The third-order valence-electron chi connectivity index (χ3n) is 6.58. The van der Waals surface area contributed by atoms with Crippen LogP contribution in [0.25, 0.3) is 10.9 Å². The monoisotopic (exact) mass is 481 g/mol. The van der Waals surface area contributed by atoms with E-state index in [4.69, 9.17) is 21.3 Å². The molecule has 0 unspecified atom stereocenters. The first-order valence-electron chi connectivity index (χ1n) is 11.5. The lowest BCUT2D eigenvalue weighted by molar-refractivity contribution is -0.128. The number of thioether (sulfide) groups is 1. The Kier molecular flexibility index (Phi) is 6.65. The third-order valence-corrected chi connectivity index (χ3v) is 7.96. The molecular weight excluding hydrogens is 454 g/mol. The molecule has 7 heteroatoms. The van der Waals surface area contributed by atoms with Crippen molar-refractivity contribution in [3.8, 4) is 5.75 Å². The molecule has 1 aromatic heterocycles. The first-order chi connectivity index (χ1) is 16.1. The van der Waals surface area contributed by atoms with Gasteiger partial charge in [0.15, 0.2) is 0 Å². The summed E-state index contributed by atoms with van der Waals surface area (Å²) in [5, 5.41) is 1.79. The van der Waals surface area contributed by atoms with Crippen LogP contribution in [0.15, 0.2) is 47.4 Å². The summed E-state index contributed by atoms with van der Waals surface area (Å²) in [5.41, 5.74) is 4.66. The van der Waals surface area contributed by atoms with Crippen molar-refractivity contribution in [1.82, 2.24) is 9.88 Å². The van der Waals surface area contributed by atoms with Gasteiger partial charge in [0.1, 0.15) is 5.75 Å². The average molecular weight is 482 g/mol.